The van der Waals surface area contributed by atoms with Gasteiger partial charge in [-0.05, 0) is 92.7 Å². The smallest absolute Gasteiger partial charge is 0.340 e. The molecule has 2 aromatic heterocycles. The third-order valence-electron chi connectivity index (χ3n) is 8.70. The first-order valence-corrected chi connectivity index (χ1v) is 17.0. The minimum atomic E-state index is -0.975. The third kappa shape index (κ3) is 8.72. The number of ether oxygens (including phenoxy) is 5. The Kier molecular flexibility index (Phi) is 10.9. The van der Waals surface area contributed by atoms with Gasteiger partial charge in [-0.15, -0.1) is 0 Å². The lowest BCUT2D eigenvalue weighted by atomic mass is 9.92. The number of hydrogen-bond donors (Lipinski definition) is 0. The second-order valence-electron chi connectivity index (χ2n) is 14.0. The molecule has 0 N–H and O–H groups in total. The summed E-state index contributed by atoms with van der Waals surface area (Å²) in [5.74, 6) is 1.19. The molecule has 10 nitrogen and oxygen atoms in total. The lowest BCUT2D eigenvalue weighted by molar-refractivity contribution is -0.166. The number of aryl methyl sites for hydroxylation is 2. The van der Waals surface area contributed by atoms with Gasteiger partial charge in [-0.3, -0.25) is 0 Å². The van der Waals surface area contributed by atoms with Gasteiger partial charge in [0.2, 0.25) is 0 Å². The Labute approximate surface area is 279 Å². The maximum absolute atomic E-state index is 13.5. The molecule has 256 valence electrons. The Morgan fingerprint density at radius 1 is 1.13 bits per heavy atom. The lowest BCUT2D eigenvalue weighted by Gasteiger charge is -2.41. The van der Waals surface area contributed by atoms with Gasteiger partial charge in [0.25, 0.3) is 0 Å². The first-order valence-electron chi connectivity index (χ1n) is 17.0. The van der Waals surface area contributed by atoms with Crippen molar-refractivity contribution in [2.75, 3.05) is 31.2 Å². The van der Waals surface area contributed by atoms with Crippen LogP contribution in [0.4, 0.5) is 5.82 Å². The van der Waals surface area contributed by atoms with Crippen LogP contribution in [-0.4, -0.2) is 64.2 Å². The normalized spacial score (nSPS) is 22.0. The molecule has 3 aromatic rings. The number of carbonyl (C=O) groups is 1. The molecule has 6 rings (SSSR count). The zero-order chi connectivity index (χ0) is 33.8. The van der Waals surface area contributed by atoms with Crippen molar-refractivity contribution < 1.29 is 28.5 Å². The van der Waals surface area contributed by atoms with Gasteiger partial charge in [0.05, 0.1) is 55.0 Å². The van der Waals surface area contributed by atoms with Crippen LogP contribution in [0.5, 0.6) is 5.75 Å². The van der Waals surface area contributed by atoms with Crippen molar-refractivity contribution in [2.24, 2.45) is 0 Å². The maximum Gasteiger partial charge on any atom is 0.340 e. The summed E-state index contributed by atoms with van der Waals surface area (Å²) in [7, 11) is 0. The Hall–Kier alpha value is -3.47. The fourth-order valence-electron chi connectivity index (χ4n) is 6.17. The molecule has 0 saturated carbocycles. The van der Waals surface area contributed by atoms with E-state index in [-0.39, 0.29) is 24.9 Å². The maximum atomic E-state index is 13.5. The van der Waals surface area contributed by atoms with Gasteiger partial charge in [-0.25, -0.2) is 9.78 Å². The number of piperidine rings is 1. The van der Waals surface area contributed by atoms with Crippen molar-refractivity contribution in [3.05, 3.63) is 64.5 Å². The largest absolute Gasteiger partial charge is 0.490 e. The zero-order valence-corrected chi connectivity index (χ0v) is 29.4. The topological polar surface area (TPSA) is 96.7 Å². The molecule has 0 unspecified atom stereocenters. The molecule has 10 heteroatoms. The number of fused-ring (bicyclic) bond motifs is 10. The number of anilines is 1. The Morgan fingerprint density at radius 2 is 1.89 bits per heavy atom. The van der Waals surface area contributed by atoms with Crippen LogP contribution in [0.1, 0.15) is 101 Å². The molecule has 3 aliphatic heterocycles. The van der Waals surface area contributed by atoms with Crippen molar-refractivity contribution in [2.45, 2.75) is 118 Å². The number of hydrogen-bond acceptors (Lipinski definition) is 9. The molecule has 1 aromatic carbocycles. The number of esters is 1. The van der Waals surface area contributed by atoms with Gasteiger partial charge in [-0.1, -0.05) is 24.3 Å². The molecule has 3 aliphatic rings. The third-order valence-corrected chi connectivity index (χ3v) is 8.70. The molecule has 1 fully saturated rings. The quantitative estimate of drug-likeness (QED) is 0.219. The van der Waals surface area contributed by atoms with E-state index in [0.717, 1.165) is 54.1 Å². The van der Waals surface area contributed by atoms with Gasteiger partial charge in [-0.2, -0.15) is 9.61 Å². The molecule has 0 amide bonds. The summed E-state index contributed by atoms with van der Waals surface area (Å²) in [5.41, 5.74) is 4.03. The van der Waals surface area contributed by atoms with E-state index in [1.54, 1.807) is 6.92 Å². The summed E-state index contributed by atoms with van der Waals surface area (Å²) in [6, 6.07) is 8.17. The fraction of sp³-hybridized carbons (Fsp3) is 0.595. The average Bonchev–Trinajstić information content (AvgIpc) is 3.40. The molecule has 2 atom stereocenters. The number of benzene rings is 1. The number of allylic oxidation sites excluding steroid dienone is 1. The van der Waals surface area contributed by atoms with Crippen LogP contribution in [0.3, 0.4) is 0 Å². The number of carbonyl (C=O) groups excluding carboxylic acids is 1. The van der Waals surface area contributed by atoms with E-state index >= 15 is 0 Å². The van der Waals surface area contributed by atoms with Crippen molar-refractivity contribution in [1.82, 2.24) is 14.6 Å². The summed E-state index contributed by atoms with van der Waals surface area (Å²) < 4.78 is 32.9. The predicted molar refractivity (Wildman–Crippen MR) is 182 cm³/mol. The highest BCUT2D eigenvalue weighted by molar-refractivity contribution is 5.80. The van der Waals surface area contributed by atoms with Crippen LogP contribution < -0.4 is 9.64 Å². The fourth-order valence-corrected chi connectivity index (χ4v) is 6.17. The van der Waals surface area contributed by atoms with E-state index in [2.05, 4.69) is 56.0 Å². The summed E-state index contributed by atoms with van der Waals surface area (Å²) in [4.78, 5) is 20.7. The van der Waals surface area contributed by atoms with Crippen LogP contribution in [0.15, 0.2) is 36.4 Å². The predicted octanol–water partition coefficient (Wildman–Crippen LogP) is 6.98. The first-order chi connectivity index (χ1) is 22.4. The molecule has 0 spiro atoms. The standard InChI is InChI=1S/C37H52N4O6/c1-9-44-35(42)33(47-36(5,6)7)32-27(4)38-31-22-29-24-43-23-28-15-14-25(2)21-30(28)46-26(3)13-11-10-12-20-45-37(8)16-18-40(19-17-37)34(32)41(31)39-29/h10,12,14-15,21-22,26,33H,9,11,13,16-20,23-24H2,1-8H3/t26-,33-/m0/s1. The molecule has 0 aliphatic carbocycles. The number of nitrogens with zero attached hydrogens (tertiary/aromatic N) is 4. The summed E-state index contributed by atoms with van der Waals surface area (Å²) in [6.07, 6.45) is 6.82. The van der Waals surface area contributed by atoms with E-state index in [9.17, 15) is 4.79 Å². The highest BCUT2D eigenvalue weighted by atomic mass is 16.6. The number of rotatable bonds is 4. The van der Waals surface area contributed by atoms with Crippen LogP contribution in [0, 0.1) is 13.8 Å². The Bertz CT molecular complexity index is 1570. The Balaban J connectivity index is 1.57. The van der Waals surface area contributed by atoms with E-state index in [4.69, 9.17) is 33.8 Å². The van der Waals surface area contributed by atoms with E-state index < -0.39 is 17.7 Å². The molecule has 0 radical (unpaired) electrons. The van der Waals surface area contributed by atoms with E-state index in [1.165, 1.54) is 0 Å². The van der Waals surface area contributed by atoms with Crippen molar-refractivity contribution in [3.8, 4) is 5.75 Å². The molecule has 4 bridgehead atoms. The lowest BCUT2D eigenvalue weighted by Crippen LogP contribution is -2.45. The van der Waals surface area contributed by atoms with Crippen molar-refractivity contribution in [3.63, 3.8) is 0 Å². The summed E-state index contributed by atoms with van der Waals surface area (Å²) >= 11 is 0. The van der Waals surface area contributed by atoms with Gasteiger partial charge >= 0.3 is 5.97 Å². The molecular formula is C37H52N4O6. The van der Waals surface area contributed by atoms with E-state index in [1.807, 2.05) is 38.3 Å². The monoisotopic (exact) mass is 648 g/mol. The second-order valence-corrected chi connectivity index (χ2v) is 14.0. The van der Waals surface area contributed by atoms with Crippen LogP contribution in [-0.2, 0) is 37.0 Å². The van der Waals surface area contributed by atoms with Crippen LogP contribution in [0.25, 0.3) is 5.65 Å². The van der Waals surface area contributed by atoms with Crippen LogP contribution in [0.2, 0.25) is 0 Å². The minimum absolute atomic E-state index is 0.0538. The molecule has 47 heavy (non-hydrogen) atoms. The van der Waals surface area contributed by atoms with Gasteiger partial charge in [0.1, 0.15) is 11.6 Å². The summed E-state index contributed by atoms with van der Waals surface area (Å²) in [6.45, 7) is 18.8. The van der Waals surface area contributed by atoms with E-state index in [0.29, 0.717) is 43.2 Å². The number of aromatic nitrogens is 3. The van der Waals surface area contributed by atoms with Gasteiger partial charge in [0.15, 0.2) is 11.8 Å². The zero-order valence-electron chi connectivity index (χ0n) is 29.4. The Morgan fingerprint density at radius 3 is 2.62 bits per heavy atom. The highest BCUT2D eigenvalue weighted by Crippen LogP contribution is 2.38. The van der Waals surface area contributed by atoms with Crippen molar-refractivity contribution in [1.29, 1.82) is 0 Å². The highest BCUT2D eigenvalue weighted by Gasteiger charge is 2.38. The minimum Gasteiger partial charge on any atom is -0.490 e. The summed E-state index contributed by atoms with van der Waals surface area (Å²) in [5, 5.41) is 5.01. The molecule has 5 heterocycles. The van der Waals surface area contributed by atoms with Crippen LogP contribution >= 0.6 is 0 Å². The molecular weight excluding hydrogens is 596 g/mol. The molecule has 1 saturated heterocycles. The first kappa shape index (κ1) is 34.9. The van der Waals surface area contributed by atoms with Crippen molar-refractivity contribution >= 4 is 17.4 Å². The second kappa shape index (κ2) is 14.7. The van der Waals surface area contributed by atoms with Gasteiger partial charge in [0, 0.05) is 30.4 Å². The average molecular weight is 649 g/mol. The SMILES string of the molecule is CCOC(=O)[C@@H](OC(C)(C)C)c1c(C)nc2cc3nn2c1N1CCC(C)(CC1)OCC=CCC[C@H](C)Oc1cc(C)ccc1COC3. The van der Waals surface area contributed by atoms with Gasteiger partial charge < -0.3 is 28.6 Å².